The molecule has 3 rings (SSSR count). The van der Waals surface area contributed by atoms with Crippen molar-refractivity contribution < 1.29 is 19.1 Å². The summed E-state index contributed by atoms with van der Waals surface area (Å²) in [6.07, 6.45) is 3.92. The minimum Gasteiger partial charge on any atom is -0.495 e. The molecule has 0 atom stereocenters. The largest absolute Gasteiger partial charge is 0.495 e. The average molecular weight is 374 g/mol. The third-order valence-electron chi connectivity index (χ3n) is 4.23. The van der Waals surface area contributed by atoms with E-state index >= 15 is 0 Å². The first-order valence-corrected chi connectivity index (χ1v) is 9.48. The van der Waals surface area contributed by atoms with Gasteiger partial charge in [-0.15, -0.1) is 11.3 Å². The third kappa shape index (κ3) is 3.83. The molecule has 1 aliphatic carbocycles. The Kier molecular flexibility index (Phi) is 5.78. The molecule has 1 aromatic heterocycles. The molecule has 0 fully saturated rings. The molecule has 0 bridgehead atoms. The van der Waals surface area contributed by atoms with Crippen LogP contribution >= 0.6 is 11.3 Å². The SMILES string of the molecule is CCOC(=O)c1c(NC(=O)Nc2ccccc2OC)sc2c1CCCC2. The van der Waals surface area contributed by atoms with Crippen molar-refractivity contribution in [1.82, 2.24) is 0 Å². The van der Waals surface area contributed by atoms with E-state index in [-0.39, 0.29) is 5.97 Å². The number of urea groups is 1. The van der Waals surface area contributed by atoms with Crippen molar-refractivity contribution in [2.24, 2.45) is 0 Å². The fourth-order valence-electron chi connectivity index (χ4n) is 3.08. The summed E-state index contributed by atoms with van der Waals surface area (Å²) in [5.74, 6) is 0.193. The quantitative estimate of drug-likeness (QED) is 0.758. The molecular weight excluding hydrogens is 352 g/mol. The van der Waals surface area contributed by atoms with Crippen molar-refractivity contribution in [3.8, 4) is 5.75 Å². The van der Waals surface area contributed by atoms with Crippen LogP contribution in [0.1, 0.15) is 40.6 Å². The lowest BCUT2D eigenvalue weighted by atomic mass is 9.95. The standard InChI is InChI=1S/C19H22N2O4S/c1-3-25-18(22)16-12-8-4-7-11-15(12)26-17(16)21-19(23)20-13-9-5-6-10-14(13)24-2/h5-6,9-10H,3-4,7-8,11H2,1-2H3,(H2,20,21,23). The highest BCUT2D eigenvalue weighted by molar-refractivity contribution is 7.17. The lowest BCUT2D eigenvalue weighted by Gasteiger charge is -2.13. The van der Waals surface area contributed by atoms with Crippen LogP contribution in [0.2, 0.25) is 0 Å². The second kappa shape index (κ2) is 8.23. The molecule has 6 nitrogen and oxygen atoms in total. The van der Waals surface area contributed by atoms with Crippen LogP contribution in [0.5, 0.6) is 5.75 Å². The Morgan fingerprint density at radius 1 is 1.15 bits per heavy atom. The number of carbonyl (C=O) groups is 2. The van der Waals surface area contributed by atoms with Crippen molar-refractivity contribution in [2.75, 3.05) is 24.4 Å². The summed E-state index contributed by atoms with van der Waals surface area (Å²) in [7, 11) is 1.55. The molecular formula is C19H22N2O4S. The van der Waals surface area contributed by atoms with E-state index in [1.807, 2.05) is 12.1 Å². The fraction of sp³-hybridized carbons (Fsp3) is 0.368. The Bertz CT molecular complexity index is 816. The number of hydrogen-bond acceptors (Lipinski definition) is 5. The van der Waals surface area contributed by atoms with Crippen molar-refractivity contribution in [1.29, 1.82) is 0 Å². The lowest BCUT2D eigenvalue weighted by molar-refractivity contribution is 0.0526. The van der Waals surface area contributed by atoms with E-state index in [1.54, 1.807) is 26.2 Å². The van der Waals surface area contributed by atoms with Crippen LogP contribution in [-0.4, -0.2) is 25.7 Å². The van der Waals surface area contributed by atoms with Gasteiger partial charge in [0.1, 0.15) is 10.8 Å². The normalized spacial score (nSPS) is 12.8. The summed E-state index contributed by atoms with van der Waals surface area (Å²) in [5, 5.41) is 6.13. The average Bonchev–Trinajstić information content (AvgIpc) is 3.00. The van der Waals surface area contributed by atoms with Gasteiger partial charge >= 0.3 is 12.0 Å². The summed E-state index contributed by atoms with van der Waals surface area (Å²) < 4.78 is 10.4. The number of thiophene rings is 1. The van der Waals surface area contributed by atoms with Gasteiger partial charge in [-0.05, 0) is 50.3 Å². The third-order valence-corrected chi connectivity index (χ3v) is 5.44. The van der Waals surface area contributed by atoms with Gasteiger partial charge in [-0.25, -0.2) is 9.59 Å². The molecule has 0 unspecified atom stereocenters. The Morgan fingerprint density at radius 3 is 2.69 bits per heavy atom. The van der Waals surface area contributed by atoms with Gasteiger partial charge in [-0.3, -0.25) is 5.32 Å². The number of methoxy groups -OCH3 is 1. The first kappa shape index (κ1) is 18.3. The summed E-state index contributed by atoms with van der Waals surface area (Å²) in [5.41, 5.74) is 2.08. The lowest BCUT2D eigenvalue weighted by Crippen LogP contribution is -2.21. The number of aryl methyl sites for hydroxylation is 1. The monoisotopic (exact) mass is 374 g/mol. The van der Waals surface area contributed by atoms with E-state index in [2.05, 4.69) is 10.6 Å². The number of carbonyl (C=O) groups excluding carboxylic acids is 2. The minimum absolute atomic E-state index is 0.302. The van der Waals surface area contributed by atoms with Crippen molar-refractivity contribution >= 4 is 34.0 Å². The van der Waals surface area contributed by atoms with Gasteiger partial charge < -0.3 is 14.8 Å². The number of nitrogens with one attached hydrogen (secondary N) is 2. The second-order valence-electron chi connectivity index (χ2n) is 5.91. The molecule has 7 heteroatoms. The summed E-state index contributed by atoms with van der Waals surface area (Å²) >= 11 is 1.46. The predicted molar refractivity (Wildman–Crippen MR) is 103 cm³/mol. The Labute approximate surface area is 156 Å². The van der Waals surface area contributed by atoms with Crippen LogP contribution in [0.4, 0.5) is 15.5 Å². The van der Waals surface area contributed by atoms with Gasteiger partial charge in [0.2, 0.25) is 0 Å². The molecule has 138 valence electrons. The topological polar surface area (TPSA) is 76.7 Å². The van der Waals surface area contributed by atoms with E-state index in [9.17, 15) is 9.59 Å². The molecule has 1 heterocycles. The van der Waals surface area contributed by atoms with Crippen molar-refractivity contribution in [3.63, 3.8) is 0 Å². The highest BCUT2D eigenvalue weighted by Gasteiger charge is 2.27. The Balaban J connectivity index is 1.83. The number of anilines is 2. The number of esters is 1. The molecule has 0 spiro atoms. The van der Waals surface area contributed by atoms with Gasteiger partial charge in [-0.1, -0.05) is 12.1 Å². The van der Waals surface area contributed by atoms with Gasteiger partial charge in [0.15, 0.2) is 0 Å². The zero-order valence-electron chi connectivity index (χ0n) is 14.9. The molecule has 2 N–H and O–H groups in total. The van der Waals surface area contributed by atoms with Crippen LogP contribution in [0.25, 0.3) is 0 Å². The van der Waals surface area contributed by atoms with Crippen molar-refractivity contribution in [3.05, 3.63) is 40.3 Å². The molecule has 2 aromatic rings. The predicted octanol–water partition coefficient (Wildman–Crippen LogP) is 4.46. The minimum atomic E-state index is -0.418. The smallest absolute Gasteiger partial charge is 0.341 e. The molecule has 0 radical (unpaired) electrons. The summed E-state index contributed by atoms with van der Waals surface area (Å²) in [6.45, 7) is 2.08. The number of hydrogen-bond donors (Lipinski definition) is 2. The van der Waals surface area contributed by atoms with Crippen LogP contribution in [0.15, 0.2) is 24.3 Å². The number of para-hydroxylation sites is 2. The molecule has 0 aliphatic heterocycles. The highest BCUT2D eigenvalue weighted by atomic mass is 32.1. The molecule has 1 aromatic carbocycles. The van der Waals surface area contributed by atoms with Crippen LogP contribution < -0.4 is 15.4 Å². The molecule has 26 heavy (non-hydrogen) atoms. The van der Waals surface area contributed by atoms with Gasteiger partial charge in [0.05, 0.1) is 25.0 Å². The maximum Gasteiger partial charge on any atom is 0.341 e. The van der Waals surface area contributed by atoms with E-state index in [1.165, 1.54) is 11.3 Å². The zero-order valence-corrected chi connectivity index (χ0v) is 15.7. The van der Waals surface area contributed by atoms with Gasteiger partial charge in [0, 0.05) is 4.88 Å². The maximum absolute atomic E-state index is 12.5. The first-order chi connectivity index (χ1) is 12.6. The fourth-order valence-corrected chi connectivity index (χ4v) is 4.35. The molecule has 0 saturated carbocycles. The van der Waals surface area contributed by atoms with Crippen LogP contribution in [-0.2, 0) is 17.6 Å². The van der Waals surface area contributed by atoms with Crippen LogP contribution in [0, 0.1) is 0 Å². The summed E-state index contributed by atoms with van der Waals surface area (Å²) in [6, 6.07) is 6.74. The molecule has 0 saturated heterocycles. The maximum atomic E-state index is 12.5. The first-order valence-electron chi connectivity index (χ1n) is 8.66. The molecule has 1 aliphatic rings. The Morgan fingerprint density at radius 2 is 1.92 bits per heavy atom. The van der Waals surface area contributed by atoms with E-state index in [0.717, 1.165) is 36.1 Å². The van der Waals surface area contributed by atoms with Gasteiger partial charge in [0.25, 0.3) is 0 Å². The van der Waals surface area contributed by atoms with Crippen molar-refractivity contribution in [2.45, 2.75) is 32.6 Å². The number of rotatable bonds is 5. The number of ether oxygens (including phenoxy) is 2. The van der Waals surface area contributed by atoms with Gasteiger partial charge in [-0.2, -0.15) is 0 Å². The van der Waals surface area contributed by atoms with E-state index < -0.39 is 6.03 Å². The van der Waals surface area contributed by atoms with Crippen LogP contribution in [0.3, 0.4) is 0 Å². The Hall–Kier alpha value is -2.54. The van der Waals surface area contributed by atoms with E-state index in [4.69, 9.17) is 9.47 Å². The summed E-state index contributed by atoms with van der Waals surface area (Å²) in [4.78, 5) is 26.1. The number of fused-ring (bicyclic) bond motifs is 1. The zero-order chi connectivity index (χ0) is 18.5. The molecule has 2 amide bonds. The number of amides is 2. The number of benzene rings is 1. The second-order valence-corrected chi connectivity index (χ2v) is 7.02. The highest BCUT2D eigenvalue weighted by Crippen LogP contribution is 2.38. The van der Waals surface area contributed by atoms with E-state index in [0.29, 0.717) is 28.6 Å².